The predicted octanol–water partition coefficient (Wildman–Crippen LogP) is 2.28. The van der Waals surface area contributed by atoms with E-state index in [9.17, 15) is 49.3 Å². The van der Waals surface area contributed by atoms with Gasteiger partial charge in [0.15, 0.2) is 0 Å². The van der Waals surface area contributed by atoms with Crippen LogP contribution < -0.4 is 45.1 Å². The number of carbonyl (C=O) groups is 3. The summed E-state index contributed by atoms with van der Waals surface area (Å²) in [5.41, 5.74) is -3.74. The molecule has 1 fully saturated rings. The molecule has 3 aromatic rings. The first-order valence-corrected chi connectivity index (χ1v) is 13.3. The summed E-state index contributed by atoms with van der Waals surface area (Å²) in [5.74, 6) is -3.28. The standard InChI is InChI=1S/C26H21F5N4O6S.Na/c1-25(2)22(36)35(17-7-10-20(28)19(12-17)26(29,30)31)24(38)34(25)13-14-3-4-15(27)11-21(14)33-23(37)32-16-5-8-18(9-6-16)42(39,40)41;/h3-12H,13H2,1-2H3,(H2,32,33,37)(H,39,40,41);/q;+1/p-1. The Morgan fingerprint density at radius 2 is 1.58 bits per heavy atom. The van der Waals surface area contributed by atoms with E-state index >= 15 is 0 Å². The molecule has 0 unspecified atom stereocenters. The van der Waals surface area contributed by atoms with Crippen molar-refractivity contribution in [3.8, 4) is 0 Å². The molecule has 10 nitrogen and oxygen atoms in total. The minimum absolute atomic E-state index is 0. The van der Waals surface area contributed by atoms with Gasteiger partial charge in [0.1, 0.15) is 27.3 Å². The van der Waals surface area contributed by atoms with E-state index in [-0.39, 0.29) is 46.5 Å². The van der Waals surface area contributed by atoms with Crippen LogP contribution in [0.2, 0.25) is 0 Å². The zero-order valence-electron chi connectivity index (χ0n) is 22.6. The van der Waals surface area contributed by atoms with Crippen LogP contribution in [0.4, 0.5) is 48.6 Å². The topological polar surface area (TPSA) is 139 Å². The van der Waals surface area contributed by atoms with E-state index in [0.29, 0.717) is 17.0 Å². The Morgan fingerprint density at radius 3 is 2.16 bits per heavy atom. The Balaban J connectivity index is 0.00000506. The van der Waals surface area contributed by atoms with Gasteiger partial charge in [-0.05, 0) is 74.0 Å². The monoisotopic (exact) mass is 634 g/mol. The van der Waals surface area contributed by atoms with Crippen molar-refractivity contribution in [3.05, 3.63) is 83.4 Å². The van der Waals surface area contributed by atoms with Crippen LogP contribution in [0.1, 0.15) is 25.0 Å². The van der Waals surface area contributed by atoms with Gasteiger partial charge in [-0.3, -0.25) is 4.79 Å². The van der Waals surface area contributed by atoms with Crippen molar-refractivity contribution in [2.45, 2.75) is 37.0 Å². The number of nitrogens with one attached hydrogen (secondary N) is 2. The van der Waals surface area contributed by atoms with Gasteiger partial charge in [-0.2, -0.15) is 13.2 Å². The molecule has 4 rings (SSSR count). The summed E-state index contributed by atoms with van der Waals surface area (Å²) in [5, 5.41) is 4.73. The summed E-state index contributed by atoms with van der Waals surface area (Å²) in [4.78, 5) is 40.1. The van der Waals surface area contributed by atoms with E-state index in [1.54, 1.807) is 0 Å². The van der Waals surface area contributed by atoms with E-state index in [1.807, 2.05) is 0 Å². The number of anilines is 3. The van der Waals surface area contributed by atoms with Crippen molar-refractivity contribution >= 4 is 45.1 Å². The number of rotatable bonds is 6. The average Bonchev–Trinajstić information content (AvgIpc) is 3.04. The first-order valence-electron chi connectivity index (χ1n) is 11.8. The second-order valence-corrected chi connectivity index (χ2v) is 11.0. The second-order valence-electron chi connectivity index (χ2n) is 9.59. The minimum Gasteiger partial charge on any atom is -0.744 e. The van der Waals surface area contributed by atoms with Crippen molar-refractivity contribution in [1.82, 2.24) is 4.90 Å². The fourth-order valence-electron chi connectivity index (χ4n) is 4.16. The molecular formula is C26H20F5N4NaO6S. The smallest absolute Gasteiger partial charge is 0.744 e. The molecule has 0 atom stereocenters. The number of hydrogen-bond donors (Lipinski definition) is 2. The zero-order chi connectivity index (χ0) is 31.2. The van der Waals surface area contributed by atoms with Crippen molar-refractivity contribution in [1.29, 1.82) is 0 Å². The largest absolute Gasteiger partial charge is 1.00 e. The third kappa shape index (κ3) is 7.15. The number of nitrogens with zero attached hydrogens (tertiary/aromatic N) is 2. The Hall–Kier alpha value is -3.57. The fraction of sp³-hybridized carbons (Fsp3) is 0.192. The normalized spacial score (nSPS) is 14.9. The number of alkyl halides is 3. The van der Waals surface area contributed by atoms with Gasteiger partial charge in [-0.1, -0.05) is 6.07 Å². The van der Waals surface area contributed by atoms with E-state index in [4.69, 9.17) is 0 Å². The van der Waals surface area contributed by atoms with Crippen LogP contribution >= 0.6 is 0 Å². The van der Waals surface area contributed by atoms with Crippen molar-refractivity contribution in [2.75, 3.05) is 15.5 Å². The number of urea groups is 2. The summed E-state index contributed by atoms with van der Waals surface area (Å²) in [6, 6.07) is 7.10. The summed E-state index contributed by atoms with van der Waals surface area (Å²) < 4.78 is 101. The molecule has 43 heavy (non-hydrogen) atoms. The van der Waals surface area contributed by atoms with Crippen LogP contribution in [0.15, 0.2) is 65.6 Å². The summed E-state index contributed by atoms with van der Waals surface area (Å²) >= 11 is 0. The average molecular weight is 635 g/mol. The second kappa shape index (κ2) is 12.2. The molecule has 1 saturated heterocycles. The number of benzene rings is 3. The van der Waals surface area contributed by atoms with E-state index in [1.165, 1.54) is 19.9 Å². The Morgan fingerprint density at radius 1 is 0.953 bits per heavy atom. The van der Waals surface area contributed by atoms with Crippen molar-refractivity contribution in [2.24, 2.45) is 0 Å². The quantitative estimate of drug-likeness (QED) is 0.185. The van der Waals surface area contributed by atoms with Gasteiger partial charge in [0, 0.05) is 5.69 Å². The molecule has 0 saturated carbocycles. The van der Waals surface area contributed by atoms with Crippen LogP contribution in [0.5, 0.6) is 0 Å². The maximum absolute atomic E-state index is 14.1. The van der Waals surface area contributed by atoms with Crippen LogP contribution in [-0.4, -0.2) is 41.4 Å². The molecule has 17 heteroatoms. The van der Waals surface area contributed by atoms with Gasteiger partial charge in [0.05, 0.1) is 28.4 Å². The summed E-state index contributed by atoms with van der Waals surface area (Å²) in [7, 11) is -4.72. The van der Waals surface area contributed by atoms with E-state index in [2.05, 4.69) is 10.6 Å². The minimum atomic E-state index is -5.09. The molecule has 1 aliphatic heterocycles. The van der Waals surface area contributed by atoms with Crippen molar-refractivity contribution in [3.63, 3.8) is 0 Å². The Bertz CT molecular complexity index is 1700. The van der Waals surface area contributed by atoms with E-state index < -0.39 is 74.1 Å². The zero-order valence-corrected chi connectivity index (χ0v) is 25.4. The van der Waals surface area contributed by atoms with E-state index in [0.717, 1.165) is 47.4 Å². The Labute approximate surface area is 263 Å². The molecule has 2 N–H and O–H groups in total. The molecular weight excluding hydrogens is 614 g/mol. The number of carbonyl (C=O) groups excluding carboxylic acids is 3. The molecule has 1 heterocycles. The maximum Gasteiger partial charge on any atom is 1.00 e. The molecule has 0 radical (unpaired) electrons. The van der Waals surface area contributed by atoms with Gasteiger partial charge in [-0.15, -0.1) is 0 Å². The van der Waals surface area contributed by atoms with Gasteiger partial charge in [0.2, 0.25) is 0 Å². The third-order valence-corrected chi connectivity index (χ3v) is 7.24. The molecule has 0 aromatic heterocycles. The molecule has 0 bridgehead atoms. The van der Waals surface area contributed by atoms with Gasteiger partial charge >= 0.3 is 47.8 Å². The predicted molar refractivity (Wildman–Crippen MR) is 137 cm³/mol. The molecule has 5 amide bonds. The van der Waals surface area contributed by atoms with Crippen molar-refractivity contribution < 1.29 is 78.9 Å². The molecule has 1 aliphatic rings. The van der Waals surface area contributed by atoms with Crippen LogP contribution in [0.25, 0.3) is 0 Å². The first kappa shape index (κ1) is 33.9. The maximum atomic E-state index is 14.1. The number of imide groups is 1. The summed E-state index contributed by atoms with van der Waals surface area (Å²) in [6.45, 7) is 2.25. The number of amides is 5. The van der Waals surface area contributed by atoms with Crippen LogP contribution in [-0.2, 0) is 27.6 Å². The Kier molecular flexibility index (Phi) is 9.63. The number of halogens is 5. The third-order valence-electron chi connectivity index (χ3n) is 6.39. The fourth-order valence-corrected chi connectivity index (χ4v) is 4.63. The van der Waals surface area contributed by atoms with Crippen LogP contribution in [0.3, 0.4) is 0 Å². The van der Waals surface area contributed by atoms with Gasteiger partial charge in [-0.25, -0.2) is 31.7 Å². The molecule has 222 valence electrons. The SMILES string of the molecule is CC1(C)C(=O)N(c2ccc(F)c(C(F)(F)F)c2)C(=O)N1Cc1ccc(F)cc1NC(=O)Nc1ccc(S(=O)(=O)[O-])cc1.[Na+]. The molecule has 0 spiro atoms. The number of hydrogen-bond acceptors (Lipinski definition) is 6. The van der Waals surface area contributed by atoms with Gasteiger partial charge < -0.3 is 20.1 Å². The first-order chi connectivity index (χ1) is 19.4. The van der Waals surface area contributed by atoms with Gasteiger partial charge in [0.25, 0.3) is 5.91 Å². The molecule has 3 aromatic carbocycles. The van der Waals surface area contributed by atoms with Crippen LogP contribution in [0, 0.1) is 11.6 Å². The molecule has 0 aliphatic carbocycles. The summed E-state index contributed by atoms with van der Waals surface area (Å²) in [6.07, 6.45) is -5.09.